The lowest BCUT2D eigenvalue weighted by Gasteiger charge is -2.09. The highest BCUT2D eigenvalue weighted by Gasteiger charge is 2.16. The minimum Gasteiger partial charge on any atom is -0.423 e. The van der Waals surface area contributed by atoms with Gasteiger partial charge in [0.2, 0.25) is 0 Å². The summed E-state index contributed by atoms with van der Waals surface area (Å²) in [6.07, 6.45) is 0. The molecule has 2 rings (SSSR count). The van der Waals surface area contributed by atoms with Crippen LogP contribution in [0.5, 0.6) is 0 Å². The topological polar surface area (TPSA) is 71.2 Å². The molecule has 2 aromatic rings. The van der Waals surface area contributed by atoms with E-state index in [1.165, 1.54) is 0 Å². The van der Waals surface area contributed by atoms with Crippen molar-refractivity contribution in [2.24, 2.45) is 0 Å². The van der Waals surface area contributed by atoms with Gasteiger partial charge in [-0.25, -0.2) is 9.67 Å². The van der Waals surface area contributed by atoms with Gasteiger partial charge in [0.1, 0.15) is 11.6 Å². The molecule has 0 unspecified atom stereocenters. The van der Waals surface area contributed by atoms with Crippen LogP contribution in [0.2, 0.25) is 0 Å². The second kappa shape index (κ2) is 4.69. The maximum atomic E-state index is 9.27. The summed E-state index contributed by atoms with van der Waals surface area (Å²) in [7, 11) is -1.46. The predicted molar refractivity (Wildman–Crippen MR) is 64.9 cm³/mol. The molecule has 0 saturated carbocycles. The molecule has 1 heterocycles. The molecular weight excluding hydrogens is 217 g/mol. The van der Waals surface area contributed by atoms with Crippen LogP contribution in [0.1, 0.15) is 17.2 Å². The van der Waals surface area contributed by atoms with Crippen LogP contribution in [0.3, 0.4) is 0 Å². The quantitative estimate of drug-likeness (QED) is 0.706. The average molecular weight is 231 g/mol. The van der Waals surface area contributed by atoms with Gasteiger partial charge in [-0.1, -0.05) is 24.3 Å². The molecule has 0 spiro atoms. The fourth-order valence-electron chi connectivity index (χ4n) is 1.80. The Kier molecular flexibility index (Phi) is 3.26. The first kappa shape index (κ1) is 11.8. The normalized spacial score (nSPS) is 10.6. The molecule has 0 aliphatic rings. The minimum absolute atomic E-state index is 0.487. The number of nitrogens with zero attached hydrogens (tertiary/aromatic N) is 3. The van der Waals surface area contributed by atoms with E-state index in [0.29, 0.717) is 17.8 Å². The molecular formula is C11H14BN3O2. The van der Waals surface area contributed by atoms with E-state index in [2.05, 4.69) is 10.1 Å². The zero-order valence-corrected chi connectivity index (χ0v) is 9.83. The molecule has 1 aromatic heterocycles. The number of aryl methyl sites for hydroxylation is 2. The van der Waals surface area contributed by atoms with Gasteiger partial charge in [-0.05, 0) is 24.9 Å². The summed E-state index contributed by atoms with van der Waals surface area (Å²) < 4.78 is 1.75. The standard InChI is InChI=1S/C11H14BN3O2/c1-8-13-9(2)15(14-8)7-10-5-3-4-6-11(10)12(16)17/h3-6,16-17H,7H2,1-2H3. The Labute approximate surface area is 99.9 Å². The lowest BCUT2D eigenvalue weighted by Crippen LogP contribution is -2.33. The van der Waals surface area contributed by atoms with Gasteiger partial charge in [0.15, 0.2) is 0 Å². The Hall–Kier alpha value is -1.66. The zero-order chi connectivity index (χ0) is 12.4. The average Bonchev–Trinajstić information content (AvgIpc) is 2.58. The van der Waals surface area contributed by atoms with Crippen molar-refractivity contribution in [3.05, 3.63) is 41.5 Å². The molecule has 17 heavy (non-hydrogen) atoms. The molecule has 5 nitrogen and oxygen atoms in total. The van der Waals surface area contributed by atoms with Crippen molar-refractivity contribution in [1.82, 2.24) is 14.8 Å². The highest BCUT2D eigenvalue weighted by Crippen LogP contribution is 2.03. The third-order valence-electron chi connectivity index (χ3n) is 2.62. The van der Waals surface area contributed by atoms with E-state index in [-0.39, 0.29) is 0 Å². The monoisotopic (exact) mass is 231 g/mol. The van der Waals surface area contributed by atoms with Crippen LogP contribution in [0, 0.1) is 13.8 Å². The van der Waals surface area contributed by atoms with E-state index in [1.54, 1.807) is 16.8 Å². The summed E-state index contributed by atoms with van der Waals surface area (Å²) in [4.78, 5) is 4.21. The van der Waals surface area contributed by atoms with Crippen molar-refractivity contribution in [1.29, 1.82) is 0 Å². The van der Waals surface area contributed by atoms with Gasteiger partial charge in [-0.3, -0.25) is 0 Å². The molecule has 0 atom stereocenters. The van der Waals surface area contributed by atoms with Gasteiger partial charge in [0.05, 0.1) is 6.54 Å². The summed E-state index contributed by atoms with van der Waals surface area (Å²) in [6.45, 7) is 4.19. The maximum Gasteiger partial charge on any atom is 0.488 e. The third-order valence-corrected chi connectivity index (χ3v) is 2.62. The molecule has 0 saturated heterocycles. The van der Waals surface area contributed by atoms with Gasteiger partial charge in [0.25, 0.3) is 0 Å². The highest BCUT2D eigenvalue weighted by molar-refractivity contribution is 6.59. The number of aromatic nitrogens is 3. The van der Waals surface area contributed by atoms with Gasteiger partial charge >= 0.3 is 7.12 Å². The van der Waals surface area contributed by atoms with Crippen molar-refractivity contribution in [3.8, 4) is 0 Å². The lowest BCUT2D eigenvalue weighted by molar-refractivity contribution is 0.425. The Bertz CT molecular complexity index is 525. The SMILES string of the molecule is Cc1nc(C)n(Cc2ccccc2B(O)O)n1. The van der Waals surface area contributed by atoms with Crippen LogP contribution in [0.25, 0.3) is 0 Å². The molecule has 0 bridgehead atoms. The molecule has 6 heteroatoms. The van der Waals surface area contributed by atoms with Gasteiger partial charge in [-0.15, -0.1) is 0 Å². The van der Waals surface area contributed by atoms with Crippen molar-refractivity contribution in [3.63, 3.8) is 0 Å². The van der Waals surface area contributed by atoms with Gasteiger partial charge in [-0.2, -0.15) is 5.10 Å². The zero-order valence-electron chi connectivity index (χ0n) is 9.83. The third kappa shape index (κ3) is 2.54. The van der Waals surface area contributed by atoms with Crippen molar-refractivity contribution >= 4 is 12.6 Å². The van der Waals surface area contributed by atoms with Crippen molar-refractivity contribution < 1.29 is 10.0 Å². The van der Waals surface area contributed by atoms with E-state index < -0.39 is 7.12 Å². The second-order valence-corrected chi connectivity index (χ2v) is 3.94. The summed E-state index contributed by atoms with van der Waals surface area (Å²) in [5.41, 5.74) is 1.33. The fraction of sp³-hybridized carbons (Fsp3) is 0.273. The molecule has 0 fully saturated rings. The summed E-state index contributed by atoms with van der Waals surface area (Å²) in [5.74, 6) is 1.52. The summed E-state index contributed by atoms with van der Waals surface area (Å²) >= 11 is 0. The fourth-order valence-corrected chi connectivity index (χ4v) is 1.80. The molecule has 0 aliphatic carbocycles. The molecule has 1 aromatic carbocycles. The second-order valence-electron chi connectivity index (χ2n) is 3.94. The summed E-state index contributed by atoms with van der Waals surface area (Å²) in [6, 6.07) is 7.18. The van der Waals surface area contributed by atoms with Crippen molar-refractivity contribution in [2.75, 3.05) is 0 Å². The van der Waals surface area contributed by atoms with E-state index in [4.69, 9.17) is 0 Å². The highest BCUT2D eigenvalue weighted by atomic mass is 16.4. The smallest absolute Gasteiger partial charge is 0.423 e. The van der Waals surface area contributed by atoms with E-state index in [0.717, 1.165) is 11.4 Å². The van der Waals surface area contributed by atoms with Crippen LogP contribution < -0.4 is 5.46 Å². The number of hydrogen-bond donors (Lipinski definition) is 2. The van der Waals surface area contributed by atoms with Crippen LogP contribution in [0.4, 0.5) is 0 Å². The van der Waals surface area contributed by atoms with Crippen LogP contribution in [-0.4, -0.2) is 31.9 Å². The van der Waals surface area contributed by atoms with Gasteiger partial charge < -0.3 is 10.0 Å². The lowest BCUT2D eigenvalue weighted by atomic mass is 9.77. The largest absolute Gasteiger partial charge is 0.488 e. The Balaban J connectivity index is 2.33. The van der Waals surface area contributed by atoms with Crippen molar-refractivity contribution in [2.45, 2.75) is 20.4 Å². The van der Waals surface area contributed by atoms with E-state index in [1.807, 2.05) is 26.0 Å². The van der Waals surface area contributed by atoms with E-state index >= 15 is 0 Å². The molecule has 0 radical (unpaired) electrons. The van der Waals surface area contributed by atoms with Gasteiger partial charge in [0, 0.05) is 0 Å². The molecule has 0 aliphatic heterocycles. The molecule has 0 amide bonds. The van der Waals surface area contributed by atoms with Crippen LogP contribution in [-0.2, 0) is 6.54 Å². The Morgan fingerprint density at radius 3 is 2.53 bits per heavy atom. The first-order chi connectivity index (χ1) is 8.08. The maximum absolute atomic E-state index is 9.27. The molecule has 88 valence electrons. The first-order valence-electron chi connectivity index (χ1n) is 5.40. The first-order valence-corrected chi connectivity index (χ1v) is 5.40. The number of rotatable bonds is 3. The van der Waals surface area contributed by atoms with E-state index in [9.17, 15) is 10.0 Å². The van der Waals surface area contributed by atoms with Crippen LogP contribution >= 0.6 is 0 Å². The van der Waals surface area contributed by atoms with Crippen LogP contribution in [0.15, 0.2) is 24.3 Å². The number of benzene rings is 1. The predicted octanol–water partition coefficient (Wildman–Crippen LogP) is -0.377. The molecule has 2 N–H and O–H groups in total. The Morgan fingerprint density at radius 1 is 1.24 bits per heavy atom. The minimum atomic E-state index is -1.46. The number of hydrogen-bond acceptors (Lipinski definition) is 4. The Morgan fingerprint density at radius 2 is 1.94 bits per heavy atom. The summed E-state index contributed by atoms with van der Waals surface area (Å²) in [5, 5.41) is 22.8.